The zero-order chi connectivity index (χ0) is 14.4. The lowest BCUT2D eigenvalue weighted by molar-refractivity contribution is 0.0943. The van der Waals surface area contributed by atoms with Crippen molar-refractivity contribution < 1.29 is 9.90 Å². The number of aryl methyl sites for hydroxylation is 2. The fourth-order valence-corrected chi connectivity index (χ4v) is 3.16. The van der Waals surface area contributed by atoms with Crippen molar-refractivity contribution in [3.05, 3.63) is 21.4 Å². The maximum Gasteiger partial charge on any atom is 0.261 e. The summed E-state index contributed by atoms with van der Waals surface area (Å²) < 4.78 is 0. The summed E-state index contributed by atoms with van der Waals surface area (Å²) in [4.78, 5) is 14.1. The fraction of sp³-hybridized carbons (Fsp3) is 0.667. The second-order valence-corrected chi connectivity index (χ2v) is 6.60. The van der Waals surface area contributed by atoms with Crippen molar-refractivity contribution in [1.29, 1.82) is 0 Å². The molecule has 0 aliphatic carbocycles. The van der Waals surface area contributed by atoms with E-state index in [1.807, 2.05) is 13.0 Å². The Morgan fingerprint density at radius 1 is 1.47 bits per heavy atom. The van der Waals surface area contributed by atoms with Crippen LogP contribution in [-0.4, -0.2) is 23.7 Å². The minimum atomic E-state index is -0.313. The van der Waals surface area contributed by atoms with Gasteiger partial charge in [0.05, 0.1) is 11.0 Å². The lowest BCUT2D eigenvalue weighted by atomic mass is 10.0. The molecule has 2 unspecified atom stereocenters. The Labute approximate surface area is 120 Å². The van der Waals surface area contributed by atoms with Gasteiger partial charge in [-0.1, -0.05) is 20.3 Å². The topological polar surface area (TPSA) is 49.3 Å². The van der Waals surface area contributed by atoms with Crippen molar-refractivity contribution in [3.8, 4) is 0 Å². The van der Waals surface area contributed by atoms with Gasteiger partial charge in [-0.3, -0.25) is 4.79 Å². The summed E-state index contributed by atoms with van der Waals surface area (Å²) in [5.74, 6) is 0.299. The number of carbonyl (C=O) groups excluding carboxylic acids is 1. The van der Waals surface area contributed by atoms with E-state index in [2.05, 4.69) is 19.2 Å². The highest BCUT2D eigenvalue weighted by Gasteiger charge is 2.13. The Bertz CT molecular complexity index is 412. The fourth-order valence-electron chi connectivity index (χ4n) is 2.17. The molecule has 1 aromatic rings. The Hall–Kier alpha value is -0.870. The molecule has 0 fully saturated rings. The summed E-state index contributed by atoms with van der Waals surface area (Å²) in [5.41, 5.74) is 1.29. The van der Waals surface area contributed by atoms with Crippen LogP contribution in [0.2, 0.25) is 0 Å². The maximum atomic E-state index is 12.0. The number of hydrogen-bond donors (Lipinski definition) is 2. The highest BCUT2D eigenvalue weighted by molar-refractivity contribution is 7.14. The first kappa shape index (κ1) is 16.2. The third kappa shape index (κ3) is 5.33. The largest absolute Gasteiger partial charge is 0.393 e. The molecule has 19 heavy (non-hydrogen) atoms. The Morgan fingerprint density at radius 3 is 2.74 bits per heavy atom. The number of hydrogen-bond acceptors (Lipinski definition) is 3. The predicted octanol–water partition coefficient (Wildman–Crippen LogP) is 3.15. The van der Waals surface area contributed by atoms with Crippen LogP contribution < -0.4 is 5.32 Å². The predicted molar refractivity (Wildman–Crippen MR) is 80.8 cm³/mol. The summed E-state index contributed by atoms with van der Waals surface area (Å²) in [5, 5.41) is 12.2. The van der Waals surface area contributed by atoms with Crippen LogP contribution in [0.3, 0.4) is 0 Å². The molecule has 108 valence electrons. The summed E-state index contributed by atoms with van der Waals surface area (Å²) in [7, 11) is 0. The number of aliphatic hydroxyl groups excluding tert-OH is 1. The van der Waals surface area contributed by atoms with Gasteiger partial charge in [-0.15, -0.1) is 11.3 Å². The van der Waals surface area contributed by atoms with Gasteiger partial charge >= 0.3 is 0 Å². The second kappa shape index (κ2) is 7.65. The highest BCUT2D eigenvalue weighted by Crippen LogP contribution is 2.22. The third-order valence-corrected chi connectivity index (χ3v) is 4.21. The lowest BCUT2D eigenvalue weighted by Gasteiger charge is -2.13. The van der Waals surface area contributed by atoms with Crippen LogP contribution in [0.5, 0.6) is 0 Å². The summed E-state index contributed by atoms with van der Waals surface area (Å²) in [6.07, 6.45) is 2.54. The van der Waals surface area contributed by atoms with Crippen LogP contribution in [-0.2, 0) is 6.42 Å². The molecule has 2 N–H and O–H groups in total. The molecule has 0 spiro atoms. The lowest BCUT2D eigenvalue weighted by Crippen LogP contribution is -2.28. The zero-order valence-electron chi connectivity index (χ0n) is 12.3. The number of thiophene rings is 1. The van der Waals surface area contributed by atoms with Crippen LogP contribution in [0.4, 0.5) is 0 Å². The molecule has 0 radical (unpaired) electrons. The first-order valence-corrected chi connectivity index (χ1v) is 7.81. The molecule has 1 aromatic heterocycles. The van der Waals surface area contributed by atoms with Gasteiger partial charge in [-0.25, -0.2) is 0 Å². The van der Waals surface area contributed by atoms with Crippen LogP contribution in [0.15, 0.2) is 6.07 Å². The smallest absolute Gasteiger partial charge is 0.261 e. The molecule has 0 aromatic carbocycles. The van der Waals surface area contributed by atoms with Gasteiger partial charge in [0.25, 0.3) is 5.91 Å². The van der Waals surface area contributed by atoms with E-state index in [9.17, 15) is 9.90 Å². The van der Waals surface area contributed by atoms with E-state index in [1.165, 1.54) is 10.4 Å². The number of aliphatic hydroxyl groups is 1. The molecule has 4 heteroatoms. The molecule has 3 nitrogen and oxygen atoms in total. The molecule has 2 atom stereocenters. The molecular weight excluding hydrogens is 258 g/mol. The van der Waals surface area contributed by atoms with E-state index in [0.717, 1.165) is 17.7 Å². The van der Waals surface area contributed by atoms with Gasteiger partial charge in [0.15, 0.2) is 0 Å². The van der Waals surface area contributed by atoms with Crippen molar-refractivity contribution in [1.82, 2.24) is 5.32 Å². The molecule has 0 saturated carbocycles. The van der Waals surface area contributed by atoms with E-state index in [-0.39, 0.29) is 12.0 Å². The Morgan fingerprint density at radius 2 is 2.16 bits per heavy atom. The quantitative estimate of drug-likeness (QED) is 0.807. The van der Waals surface area contributed by atoms with Gasteiger partial charge in [0, 0.05) is 11.4 Å². The van der Waals surface area contributed by atoms with Crippen LogP contribution >= 0.6 is 11.3 Å². The van der Waals surface area contributed by atoms with E-state index in [4.69, 9.17) is 0 Å². The second-order valence-electron chi connectivity index (χ2n) is 5.34. The Balaban J connectivity index is 2.51. The maximum absolute atomic E-state index is 12.0. The van der Waals surface area contributed by atoms with E-state index < -0.39 is 0 Å². The van der Waals surface area contributed by atoms with Gasteiger partial charge in [0.1, 0.15) is 0 Å². The summed E-state index contributed by atoms with van der Waals surface area (Å²) >= 11 is 1.57. The van der Waals surface area contributed by atoms with E-state index in [0.29, 0.717) is 18.9 Å². The minimum Gasteiger partial charge on any atom is -0.393 e. The van der Waals surface area contributed by atoms with Crippen molar-refractivity contribution in [2.75, 3.05) is 6.54 Å². The molecule has 1 amide bonds. The molecule has 0 aliphatic heterocycles. The van der Waals surface area contributed by atoms with Gasteiger partial charge in [-0.05, 0) is 44.2 Å². The van der Waals surface area contributed by atoms with Gasteiger partial charge < -0.3 is 10.4 Å². The van der Waals surface area contributed by atoms with Crippen molar-refractivity contribution in [3.63, 3.8) is 0 Å². The number of amides is 1. The Kier molecular flexibility index (Phi) is 6.52. The molecule has 0 aliphatic rings. The number of rotatable bonds is 7. The number of nitrogens with one attached hydrogen (secondary N) is 1. The minimum absolute atomic E-state index is 0.00731. The van der Waals surface area contributed by atoms with E-state index in [1.54, 1.807) is 18.3 Å². The summed E-state index contributed by atoms with van der Waals surface area (Å²) in [6.45, 7) is 8.65. The molecule has 0 saturated heterocycles. The zero-order valence-corrected chi connectivity index (χ0v) is 13.1. The average Bonchev–Trinajstić information content (AvgIpc) is 2.68. The number of carbonyl (C=O) groups is 1. The molecule has 1 rings (SSSR count). The van der Waals surface area contributed by atoms with Crippen LogP contribution in [0, 0.1) is 12.8 Å². The van der Waals surface area contributed by atoms with Gasteiger partial charge in [0.2, 0.25) is 0 Å². The van der Waals surface area contributed by atoms with Gasteiger partial charge in [-0.2, -0.15) is 0 Å². The molecule has 1 heterocycles. The van der Waals surface area contributed by atoms with Crippen LogP contribution in [0.1, 0.15) is 53.7 Å². The monoisotopic (exact) mass is 283 g/mol. The van der Waals surface area contributed by atoms with Crippen molar-refractivity contribution in [2.24, 2.45) is 5.92 Å². The SMILES string of the molecule is CCCc1cc(C(=O)NCC(C)CC(C)O)sc1C. The third-order valence-electron chi connectivity index (χ3n) is 3.12. The summed E-state index contributed by atoms with van der Waals surface area (Å²) in [6, 6.07) is 2.01. The standard InChI is InChI=1S/C15H25NO2S/c1-5-6-13-8-14(19-12(13)4)15(18)16-9-10(2)7-11(3)17/h8,10-11,17H,5-7,9H2,1-4H3,(H,16,18). The first-order chi connectivity index (χ1) is 8.93. The van der Waals surface area contributed by atoms with E-state index >= 15 is 0 Å². The normalized spacial score (nSPS) is 14.2. The highest BCUT2D eigenvalue weighted by atomic mass is 32.1. The molecule has 0 bridgehead atoms. The molecular formula is C15H25NO2S. The first-order valence-electron chi connectivity index (χ1n) is 6.99. The van der Waals surface area contributed by atoms with Crippen LogP contribution in [0.25, 0.3) is 0 Å². The average molecular weight is 283 g/mol. The van der Waals surface area contributed by atoms with Crippen molar-refractivity contribution >= 4 is 17.2 Å². The van der Waals surface area contributed by atoms with Crippen molar-refractivity contribution in [2.45, 2.75) is 53.1 Å².